The van der Waals surface area contributed by atoms with Gasteiger partial charge < -0.3 is 5.32 Å². The number of benzene rings is 2. The van der Waals surface area contributed by atoms with Gasteiger partial charge in [-0.1, -0.05) is 29.8 Å². The zero-order valence-electron chi connectivity index (χ0n) is 13.3. The third-order valence-corrected chi connectivity index (χ3v) is 3.53. The first kappa shape index (κ1) is 16.6. The monoisotopic (exact) mass is 309 g/mol. The molecule has 4 nitrogen and oxygen atoms in total. The van der Waals surface area contributed by atoms with Crippen molar-refractivity contribution < 1.29 is 14.4 Å². The summed E-state index contributed by atoms with van der Waals surface area (Å²) in [4.78, 5) is 35.1. The maximum absolute atomic E-state index is 12.0. The number of Topliss-reactive ketones (excluding diaryl/α,β-unsaturated/α-hetero) is 2. The summed E-state index contributed by atoms with van der Waals surface area (Å²) < 4.78 is 0. The Morgan fingerprint density at radius 3 is 1.96 bits per heavy atom. The fourth-order valence-corrected chi connectivity index (χ4v) is 2.12. The minimum atomic E-state index is -0.221. The van der Waals surface area contributed by atoms with Crippen molar-refractivity contribution in [3.05, 3.63) is 65.2 Å². The lowest BCUT2D eigenvalue weighted by atomic mass is 10.0. The second kappa shape index (κ2) is 7.49. The van der Waals surface area contributed by atoms with E-state index in [0.717, 1.165) is 5.56 Å². The number of amides is 1. The van der Waals surface area contributed by atoms with Gasteiger partial charge in [0, 0.05) is 29.7 Å². The molecule has 0 fully saturated rings. The second-order valence-corrected chi connectivity index (χ2v) is 5.47. The molecule has 0 heterocycles. The Morgan fingerprint density at radius 2 is 1.39 bits per heavy atom. The molecule has 1 amide bonds. The molecule has 1 N–H and O–H groups in total. The van der Waals surface area contributed by atoms with Crippen molar-refractivity contribution in [1.82, 2.24) is 0 Å². The first-order valence-corrected chi connectivity index (χ1v) is 7.46. The third kappa shape index (κ3) is 4.88. The van der Waals surface area contributed by atoms with Crippen LogP contribution in [0.25, 0.3) is 0 Å². The van der Waals surface area contributed by atoms with Gasteiger partial charge in [0.05, 0.1) is 0 Å². The summed E-state index contributed by atoms with van der Waals surface area (Å²) in [5.41, 5.74) is 2.92. The molecule has 4 heteroatoms. The number of nitrogens with one attached hydrogen (secondary N) is 1. The van der Waals surface area contributed by atoms with Crippen LogP contribution >= 0.6 is 0 Å². The van der Waals surface area contributed by atoms with Crippen molar-refractivity contribution in [2.45, 2.75) is 26.7 Å². The van der Waals surface area contributed by atoms with E-state index in [4.69, 9.17) is 0 Å². The van der Waals surface area contributed by atoms with Crippen LogP contribution in [0.1, 0.15) is 46.0 Å². The van der Waals surface area contributed by atoms with E-state index in [9.17, 15) is 14.4 Å². The lowest BCUT2D eigenvalue weighted by Crippen LogP contribution is -2.13. The molecule has 0 radical (unpaired) electrons. The zero-order valence-corrected chi connectivity index (χ0v) is 13.3. The first-order valence-electron chi connectivity index (χ1n) is 7.46. The van der Waals surface area contributed by atoms with Gasteiger partial charge in [-0.2, -0.15) is 0 Å². The van der Waals surface area contributed by atoms with Crippen LogP contribution in [0.2, 0.25) is 0 Å². The summed E-state index contributed by atoms with van der Waals surface area (Å²) >= 11 is 0. The normalized spacial score (nSPS) is 10.2. The fourth-order valence-electron chi connectivity index (χ4n) is 2.12. The third-order valence-electron chi connectivity index (χ3n) is 3.53. The molecule has 2 aromatic carbocycles. The smallest absolute Gasteiger partial charge is 0.224 e. The summed E-state index contributed by atoms with van der Waals surface area (Å²) in [6.45, 7) is 3.45. The predicted molar refractivity (Wildman–Crippen MR) is 89.8 cm³/mol. The molecule has 0 bridgehead atoms. The van der Waals surface area contributed by atoms with Gasteiger partial charge in [0.25, 0.3) is 0 Å². The lowest BCUT2D eigenvalue weighted by Gasteiger charge is -2.06. The molecule has 0 unspecified atom stereocenters. The van der Waals surface area contributed by atoms with Crippen molar-refractivity contribution in [3.8, 4) is 0 Å². The summed E-state index contributed by atoms with van der Waals surface area (Å²) in [5, 5.41) is 2.72. The number of carbonyl (C=O) groups is 3. The molecule has 0 spiro atoms. The van der Waals surface area contributed by atoms with E-state index in [-0.39, 0.29) is 30.3 Å². The molecule has 0 saturated heterocycles. The minimum Gasteiger partial charge on any atom is -0.326 e. The minimum absolute atomic E-state index is 0.0217. The molecule has 23 heavy (non-hydrogen) atoms. The average Bonchev–Trinajstić information content (AvgIpc) is 2.54. The highest BCUT2D eigenvalue weighted by atomic mass is 16.2. The summed E-state index contributed by atoms with van der Waals surface area (Å²) in [6.07, 6.45) is 0.293. The Balaban J connectivity index is 1.86. The van der Waals surface area contributed by atoms with Crippen LogP contribution in [-0.4, -0.2) is 17.5 Å². The Kier molecular flexibility index (Phi) is 5.41. The van der Waals surface area contributed by atoms with E-state index in [2.05, 4.69) is 5.32 Å². The Hall–Kier alpha value is -2.75. The fraction of sp³-hybridized carbons (Fsp3) is 0.211. The number of anilines is 1. The second-order valence-electron chi connectivity index (χ2n) is 5.47. The zero-order chi connectivity index (χ0) is 16.8. The quantitative estimate of drug-likeness (QED) is 0.826. The maximum atomic E-state index is 12.0. The van der Waals surface area contributed by atoms with Gasteiger partial charge in [-0.15, -0.1) is 0 Å². The number of ketones is 2. The molecular weight excluding hydrogens is 290 g/mol. The molecule has 0 aliphatic heterocycles. The van der Waals surface area contributed by atoms with E-state index >= 15 is 0 Å². The van der Waals surface area contributed by atoms with Gasteiger partial charge in [-0.3, -0.25) is 14.4 Å². The Morgan fingerprint density at radius 1 is 0.826 bits per heavy atom. The predicted octanol–water partition coefficient (Wildman–Crippen LogP) is 3.80. The number of aryl methyl sites for hydroxylation is 1. The number of hydrogen-bond donors (Lipinski definition) is 1. The van der Waals surface area contributed by atoms with Crippen molar-refractivity contribution in [1.29, 1.82) is 0 Å². The first-order chi connectivity index (χ1) is 11.0. The Labute approximate surface area is 135 Å². The highest BCUT2D eigenvalue weighted by molar-refractivity contribution is 6.00. The van der Waals surface area contributed by atoms with Crippen LogP contribution in [0.5, 0.6) is 0 Å². The number of rotatable bonds is 6. The highest BCUT2D eigenvalue weighted by Gasteiger charge is 2.09. The van der Waals surface area contributed by atoms with Crippen LogP contribution in [0.3, 0.4) is 0 Å². The Bertz CT molecular complexity index is 715. The van der Waals surface area contributed by atoms with Crippen LogP contribution < -0.4 is 5.32 Å². The van der Waals surface area contributed by atoms with Gasteiger partial charge >= 0.3 is 0 Å². The van der Waals surface area contributed by atoms with Crippen molar-refractivity contribution in [2.75, 3.05) is 5.32 Å². The van der Waals surface area contributed by atoms with Gasteiger partial charge in [0.15, 0.2) is 11.6 Å². The van der Waals surface area contributed by atoms with Crippen molar-refractivity contribution >= 4 is 23.2 Å². The molecule has 0 aliphatic carbocycles. The van der Waals surface area contributed by atoms with Gasteiger partial charge in [0.1, 0.15) is 0 Å². The van der Waals surface area contributed by atoms with E-state index in [1.807, 2.05) is 19.1 Å². The highest BCUT2D eigenvalue weighted by Crippen LogP contribution is 2.12. The van der Waals surface area contributed by atoms with E-state index in [1.54, 1.807) is 36.4 Å². The van der Waals surface area contributed by atoms with Crippen LogP contribution in [0.4, 0.5) is 5.69 Å². The maximum Gasteiger partial charge on any atom is 0.224 e. The summed E-state index contributed by atoms with van der Waals surface area (Å²) in [6, 6.07) is 14.0. The number of hydrogen-bond acceptors (Lipinski definition) is 3. The van der Waals surface area contributed by atoms with Crippen molar-refractivity contribution in [3.63, 3.8) is 0 Å². The van der Waals surface area contributed by atoms with Gasteiger partial charge in [-0.25, -0.2) is 0 Å². The van der Waals surface area contributed by atoms with Crippen LogP contribution in [-0.2, 0) is 4.79 Å². The molecule has 118 valence electrons. The molecule has 0 aliphatic rings. The molecule has 0 atom stereocenters. The molecule has 0 saturated carbocycles. The number of carbonyl (C=O) groups excluding carboxylic acids is 3. The van der Waals surface area contributed by atoms with Crippen molar-refractivity contribution in [2.24, 2.45) is 0 Å². The summed E-state index contributed by atoms with van der Waals surface area (Å²) in [7, 11) is 0. The lowest BCUT2D eigenvalue weighted by molar-refractivity contribution is -0.116. The van der Waals surface area contributed by atoms with E-state index in [0.29, 0.717) is 16.8 Å². The molecular formula is C19H19NO3. The van der Waals surface area contributed by atoms with E-state index < -0.39 is 0 Å². The molecule has 0 aromatic heterocycles. The molecule has 2 aromatic rings. The SMILES string of the molecule is CC(=O)c1ccc(NC(=O)CCC(=O)c2ccc(C)cc2)cc1. The average molecular weight is 309 g/mol. The molecule has 2 rings (SSSR count). The topological polar surface area (TPSA) is 63.2 Å². The van der Waals surface area contributed by atoms with E-state index in [1.165, 1.54) is 6.92 Å². The van der Waals surface area contributed by atoms with Gasteiger partial charge in [0.2, 0.25) is 5.91 Å². The van der Waals surface area contributed by atoms with Crippen LogP contribution in [0.15, 0.2) is 48.5 Å². The van der Waals surface area contributed by atoms with Gasteiger partial charge in [-0.05, 0) is 38.1 Å². The van der Waals surface area contributed by atoms with Crippen LogP contribution in [0, 0.1) is 6.92 Å². The standard InChI is InChI=1S/C19H19NO3/c1-13-3-5-16(6-4-13)18(22)11-12-19(23)20-17-9-7-15(8-10-17)14(2)21/h3-10H,11-12H2,1-2H3,(H,20,23). The largest absolute Gasteiger partial charge is 0.326 e. The summed E-state index contributed by atoms with van der Waals surface area (Å²) in [5.74, 6) is -0.292.